The van der Waals surface area contributed by atoms with Crippen molar-refractivity contribution in [2.24, 2.45) is 0 Å². The summed E-state index contributed by atoms with van der Waals surface area (Å²) in [6, 6.07) is 11.4. The summed E-state index contributed by atoms with van der Waals surface area (Å²) in [5.74, 6) is 1.02. The largest absolute Gasteiger partial charge is 0.497 e. The summed E-state index contributed by atoms with van der Waals surface area (Å²) in [7, 11) is 1.62. The second-order valence-corrected chi connectivity index (χ2v) is 10.3. The van der Waals surface area contributed by atoms with E-state index in [0.717, 1.165) is 22.4 Å². The lowest BCUT2D eigenvalue weighted by molar-refractivity contribution is -0.150. The number of aromatic amines is 1. The quantitative estimate of drug-likeness (QED) is 0.533. The van der Waals surface area contributed by atoms with Crippen LogP contribution in [0.3, 0.4) is 0 Å². The summed E-state index contributed by atoms with van der Waals surface area (Å²) in [6.07, 6.45) is 6.48. The molecule has 1 aromatic carbocycles. The SMILES string of the molecule is COc1cccc(CN2C(=O)N(c3ccc(-c4cn[nH]c4)cn3)CC23CCN(C(=O)C(C)(C)O)CC3)c1. The Balaban J connectivity index is 1.43. The van der Waals surface area contributed by atoms with Gasteiger partial charge in [0.2, 0.25) is 0 Å². The molecule has 2 aromatic heterocycles. The van der Waals surface area contributed by atoms with Crippen LogP contribution in [0.1, 0.15) is 32.3 Å². The number of pyridine rings is 1. The predicted molar refractivity (Wildman–Crippen MR) is 138 cm³/mol. The number of H-pyrrole nitrogens is 1. The van der Waals surface area contributed by atoms with E-state index >= 15 is 0 Å². The first kappa shape index (κ1) is 24.8. The van der Waals surface area contributed by atoms with E-state index in [4.69, 9.17) is 4.74 Å². The van der Waals surface area contributed by atoms with Crippen LogP contribution in [0.5, 0.6) is 5.75 Å². The molecular weight excluding hydrogens is 472 g/mol. The highest BCUT2D eigenvalue weighted by molar-refractivity contribution is 5.94. The molecule has 3 amide bonds. The number of aliphatic hydroxyl groups is 1. The minimum Gasteiger partial charge on any atom is -0.497 e. The molecule has 2 saturated heterocycles. The van der Waals surface area contributed by atoms with Crippen LogP contribution in [0.25, 0.3) is 11.1 Å². The van der Waals surface area contributed by atoms with Crippen LogP contribution in [0.4, 0.5) is 10.6 Å². The van der Waals surface area contributed by atoms with Crippen LogP contribution < -0.4 is 9.64 Å². The Labute approximate surface area is 215 Å². The number of carbonyl (C=O) groups is 2. The van der Waals surface area contributed by atoms with Gasteiger partial charge in [-0.05, 0) is 56.5 Å². The predicted octanol–water partition coefficient (Wildman–Crippen LogP) is 3.05. The third kappa shape index (κ3) is 4.76. The Hall–Kier alpha value is -3.92. The summed E-state index contributed by atoms with van der Waals surface area (Å²) in [5, 5.41) is 17.0. The van der Waals surface area contributed by atoms with Crippen LogP contribution in [0.2, 0.25) is 0 Å². The van der Waals surface area contributed by atoms with Gasteiger partial charge in [-0.3, -0.25) is 14.8 Å². The van der Waals surface area contributed by atoms with E-state index in [9.17, 15) is 14.7 Å². The molecule has 10 nitrogen and oxygen atoms in total. The smallest absolute Gasteiger partial charge is 0.326 e. The van der Waals surface area contributed by atoms with Gasteiger partial charge < -0.3 is 19.6 Å². The molecule has 2 fully saturated rings. The molecule has 2 N–H and O–H groups in total. The Morgan fingerprint density at radius 2 is 1.95 bits per heavy atom. The first-order valence-corrected chi connectivity index (χ1v) is 12.4. The molecule has 0 atom stereocenters. The number of anilines is 1. The maximum Gasteiger partial charge on any atom is 0.326 e. The number of hydrogen-bond donors (Lipinski definition) is 2. The van der Waals surface area contributed by atoms with Crippen molar-refractivity contribution in [3.63, 3.8) is 0 Å². The van der Waals surface area contributed by atoms with Gasteiger partial charge in [0.25, 0.3) is 5.91 Å². The van der Waals surface area contributed by atoms with Crippen molar-refractivity contribution in [1.82, 2.24) is 25.0 Å². The average Bonchev–Trinajstić information content (AvgIpc) is 3.52. The molecule has 0 aliphatic carbocycles. The molecule has 1 spiro atoms. The number of benzene rings is 1. The van der Waals surface area contributed by atoms with Crippen molar-refractivity contribution in [1.29, 1.82) is 0 Å². The zero-order chi connectivity index (χ0) is 26.2. The van der Waals surface area contributed by atoms with E-state index in [1.807, 2.05) is 41.3 Å². The first-order chi connectivity index (χ1) is 17.7. The number of likely N-dealkylation sites (tertiary alicyclic amines) is 1. The molecule has 10 heteroatoms. The highest BCUT2D eigenvalue weighted by Gasteiger charge is 2.52. The standard InChI is InChI=1S/C27H32N6O4/c1-26(2,36)24(34)31-11-9-27(10-12-31)18-32(23-8-7-20(14-28-23)21-15-29-30-16-21)25(35)33(27)17-19-5-4-6-22(13-19)37-3/h4-8,13-16,36H,9-12,17-18H2,1-3H3,(H,29,30). The Bertz CT molecular complexity index is 1260. The van der Waals surface area contributed by atoms with Gasteiger partial charge in [-0.1, -0.05) is 12.1 Å². The number of aromatic nitrogens is 3. The third-order valence-corrected chi connectivity index (χ3v) is 7.32. The van der Waals surface area contributed by atoms with E-state index in [2.05, 4.69) is 15.2 Å². The lowest BCUT2D eigenvalue weighted by Gasteiger charge is -2.44. The highest BCUT2D eigenvalue weighted by atomic mass is 16.5. The zero-order valence-corrected chi connectivity index (χ0v) is 21.3. The summed E-state index contributed by atoms with van der Waals surface area (Å²) in [6.45, 7) is 4.83. The summed E-state index contributed by atoms with van der Waals surface area (Å²) in [4.78, 5) is 36.5. The minimum absolute atomic E-state index is 0.117. The number of amides is 3. The molecule has 5 rings (SSSR count). The van der Waals surface area contributed by atoms with Crippen molar-refractivity contribution in [3.8, 4) is 16.9 Å². The van der Waals surface area contributed by atoms with Gasteiger partial charge in [0, 0.05) is 43.2 Å². The molecular formula is C27H32N6O4. The summed E-state index contributed by atoms with van der Waals surface area (Å²) < 4.78 is 5.39. The Kier molecular flexibility index (Phi) is 6.36. The van der Waals surface area contributed by atoms with Crippen LogP contribution in [0, 0.1) is 0 Å². The van der Waals surface area contributed by atoms with Gasteiger partial charge in [0.15, 0.2) is 0 Å². The van der Waals surface area contributed by atoms with Crippen LogP contribution in [0.15, 0.2) is 55.0 Å². The Morgan fingerprint density at radius 3 is 2.57 bits per heavy atom. The molecule has 2 aliphatic heterocycles. The number of ether oxygens (including phenoxy) is 1. The number of nitrogens with zero attached hydrogens (tertiary/aromatic N) is 5. The zero-order valence-electron chi connectivity index (χ0n) is 21.3. The van der Waals surface area contributed by atoms with Gasteiger partial charge >= 0.3 is 6.03 Å². The van der Waals surface area contributed by atoms with E-state index < -0.39 is 11.1 Å². The van der Waals surface area contributed by atoms with Crippen LogP contribution >= 0.6 is 0 Å². The van der Waals surface area contributed by atoms with Crippen molar-refractivity contribution in [2.75, 3.05) is 31.6 Å². The first-order valence-electron chi connectivity index (χ1n) is 12.4. The average molecular weight is 505 g/mol. The van der Waals surface area contributed by atoms with Crippen molar-refractivity contribution >= 4 is 17.8 Å². The minimum atomic E-state index is -1.43. The number of urea groups is 1. The molecule has 4 heterocycles. The molecule has 37 heavy (non-hydrogen) atoms. The van der Waals surface area contributed by atoms with E-state index in [1.54, 1.807) is 35.5 Å². The van der Waals surface area contributed by atoms with Gasteiger partial charge in [0.1, 0.15) is 17.2 Å². The molecule has 194 valence electrons. The molecule has 0 bridgehead atoms. The van der Waals surface area contributed by atoms with E-state index in [1.165, 1.54) is 13.8 Å². The molecule has 3 aromatic rings. The number of hydrogen-bond acceptors (Lipinski definition) is 6. The number of rotatable bonds is 6. The number of methoxy groups -OCH3 is 1. The topological polar surface area (TPSA) is 115 Å². The van der Waals surface area contributed by atoms with Crippen LogP contribution in [-0.4, -0.2) is 79.9 Å². The number of nitrogens with one attached hydrogen (secondary N) is 1. The van der Waals surface area contributed by atoms with Gasteiger partial charge in [0.05, 0.1) is 25.4 Å². The Morgan fingerprint density at radius 1 is 1.16 bits per heavy atom. The normalized spacial score (nSPS) is 17.5. The molecule has 2 aliphatic rings. The van der Waals surface area contributed by atoms with Gasteiger partial charge in [-0.2, -0.15) is 5.10 Å². The fraction of sp³-hybridized carbons (Fsp3) is 0.407. The highest BCUT2D eigenvalue weighted by Crippen LogP contribution is 2.39. The van der Waals surface area contributed by atoms with E-state index in [0.29, 0.717) is 44.8 Å². The van der Waals surface area contributed by atoms with Gasteiger partial charge in [-0.25, -0.2) is 9.78 Å². The molecule has 0 unspecified atom stereocenters. The van der Waals surface area contributed by atoms with E-state index in [-0.39, 0.29) is 11.9 Å². The van der Waals surface area contributed by atoms with Crippen molar-refractivity contribution in [3.05, 3.63) is 60.6 Å². The molecule has 0 radical (unpaired) electrons. The molecule has 0 saturated carbocycles. The summed E-state index contributed by atoms with van der Waals surface area (Å²) >= 11 is 0. The van der Waals surface area contributed by atoms with Crippen molar-refractivity contribution < 1.29 is 19.4 Å². The van der Waals surface area contributed by atoms with Gasteiger partial charge in [-0.15, -0.1) is 0 Å². The second-order valence-electron chi connectivity index (χ2n) is 10.3. The number of piperidine rings is 1. The third-order valence-electron chi connectivity index (χ3n) is 7.32. The lowest BCUT2D eigenvalue weighted by Crippen LogP contribution is -2.57. The fourth-order valence-electron chi connectivity index (χ4n) is 5.23. The van der Waals surface area contributed by atoms with Crippen molar-refractivity contribution in [2.45, 2.75) is 44.4 Å². The summed E-state index contributed by atoms with van der Waals surface area (Å²) in [5.41, 5.74) is 0.897. The maximum absolute atomic E-state index is 13.9. The monoisotopic (exact) mass is 504 g/mol. The number of carbonyl (C=O) groups excluding carboxylic acids is 2. The lowest BCUT2D eigenvalue weighted by atomic mass is 9.85. The second kappa shape index (κ2) is 9.51. The van der Waals surface area contributed by atoms with Crippen LogP contribution in [-0.2, 0) is 11.3 Å². The maximum atomic E-state index is 13.9. The fourth-order valence-corrected chi connectivity index (χ4v) is 5.23.